The lowest BCUT2D eigenvalue weighted by Crippen LogP contribution is -2.44. The number of piperidine rings is 1. The molecular formula is C11H20N4. The standard InChI is InChI=1S/C11H20N4/c1-8-9(7-13-15(8)3)11-10(12)5-4-6-14(11)2/h7,10-11H,4-6,12H2,1-3H3. The van der Waals surface area contributed by atoms with E-state index in [0.717, 1.165) is 13.0 Å². The highest BCUT2D eigenvalue weighted by Gasteiger charge is 2.30. The lowest BCUT2D eigenvalue weighted by atomic mass is 9.92. The van der Waals surface area contributed by atoms with Crippen LogP contribution in [0.2, 0.25) is 0 Å². The number of rotatable bonds is 1. The first-order valence-electron chi connectivity index (χ1n) is 5.55. The summed E-state index contributed by atoms with van der Waals surface area (Å²) >= 11 is 0. The van der Waals surface area contributed by atoms with E-state index in [9.17, 15) is 0 Å². The fourth-order valence-corrected chi connectivity index (χ4v) is 2.47. The molecule has 0 aliphatic carbocycles. The van der Waals surface area contributed by atoms with Crippen molar-refractivity contribution < 1.29 is 0 Å². The monoisotopic (exact) mass is 208 g/mol. The molecule has 1 aliphatic heterocycles. The van der Waals surface area contributed by atoms with E-state index in [1.165, 1.54) is 17.7 Å². The number of nitrogens with two attached hydrogens (primary N) is 1. The van der Waals surface area contributed by atoms with Crippen molar-refractivity contribution in [1.82, 2.24) is 14.7 Å². The molecule has 0 amide bonds. The maximum absolute atomic E-state index is 6.20. The van der Waals surface area contributed by atoms with Gasteiger partial charge < -0.3 is 5.73 Å². The molecule has 2 heterocycles. The smallest absolute Gasteiger partial charge is 0.0541 e. The Morgan fingerprint density at radius 2 is 2.20 bits per heavy atom. The summed E-state index contributed by atoms with van der Waals surface area (Å²) in [6, 6.07) is 0.582. The summed E-state index contributed by atoms with van der Waals surface area (Å²) < 4.78 is 1.92. The van der Waals surface area contributed by atoms with Crippen LogP contribution in [0.4, 0.5) is 0 Å². The third-order valence-corrected chi connectivity index (χ3v) is 3.52. The summed E-state index contributed by atoms with van der Waals surface area (Å²) in [5.74, 6) is 0. The van der Waals surface area contributed by atoms with Gasteiger partial charge >= 0.3 is 0 Å². The summed E-state index contributed by atoms with van der Waals surface area (Å²) in [5, 5.41) is 4.29. The van der Waals surface area contributed by atoms with Crippen LogP contribution in [-0.2, 0) is 7.05 Å². The molecule has 0 radical (unpaired) electrons. The van der Waals surface area contributed by atoms with Crippen LogP contribution in [0.25, 0.3) is 0 Å². The Morgan fingerprint density at radius 1 is 1.47 bits per heavy atom. The van der Waals surface area contributed by atoms with Crippen molar-refractivity contribution in [1.29, 1.82) is 0 Å². The summed E-state index contributed by atoms with van der Waals surface area (Å²) in [4.78, 5) is 2.35. The third-order valence-electron chi connectivity index (χ3n) is 3.52. The van der Waals surface area contributed by atoms with E-state index in [-0.39, 0.29) is 6.04 Å². The second-order valence-corrected chi connectivity index (χ2v) is 4.54. The number of nitrogens with zero attached hydrogens (tertiary/aromatic N) is 3. The van der Waals surface area contributed by atoms with Crippen molar-refractivity contribution in [2.75, 3.05) is 13.6 Å². The third kappa shape index (κ3) is 1.79. The topological polar surface area (TPSA) is 47.1 Å². The van der Waals surface area contributed by atoms with Gasteiger partial charge in [-0.1, -0.05) is 0 Å². The summed E-state index contributed by atoms with van der Waals surface area (Å²) in [6.45, 7) is 3.24. The number of likely N-dealkylation sites (tertiary alicyclic amines) is 1. The largest absolute Gasteiger partial charge is 0.326 e. The molecule has 1 fully saturated rings. The molecule has 0 bridgehead atoms. The highest BCUT2D eigenvalue weighted by Crippen LogP contribution is 2.30. The summed E-state index contributed by atoms with van der Waals surface area (Å²) in [7, 11) is 4.13. The van der Waals surface area contributed by atoms with Gasteiger partial charge in [0.25, 0.3) is 0 Å². The molecule has 2 unspecified atom stereocenters. The molecule has 2 rings (SSSR count). The minimum atomic E-state index is 0.242. The predicted molar refractivity (Wildman–Crippen MR) is 60.5 cm³/mol. The van der Waals surface area contributed by atoms with Gasteiger partial charge in [-0.05, 0) is 33.4 Å². The van der Waals surface area contributed by atoms with E-state index < -0.39 is 0 Å². The second kappa shape index (κ2) is 3.94. The van der Waals surface area contributed by atoms with Crippen molar-refractivity contribution in [2.45, 2.75) is 31.8 Å². The number of likely N-dealkylation sites (N-methyl/N-ethyl adjacent to an activating group) is 1. The molecule has 0 spiro atoms. The average molecular weight is 208 g/mol. The van der Waals surface area contributed by atoms with Gasteiger partial charge in [-0.2, -0.15) is 5.10 Å². The van der Waals surface area contributed by atoms with Crippen LogP contribution in [-0.4, -0.2) is 34.3 Å². The molecule has 0 aromatic carbocycles. The van der Waals surface area contributed by atoms with E-state index in [0.29, 0.717) is 6.04 Å². The van der Waals surface area contributed by atoms with Crippen LogP contribution in [0.3, 0.4) is 0 Å². The SMILES string of the molecule is Cc1c(C2C(N)CCCN2C)cnn1C. The predicted octanol–water partition coefficient (Wildman–Crippen LogP) is 0.823. The molecular weight excluding hydrogens is 188 g/mol. The van der Waals surface area contributed by atoms with Crippen LogP contribution < -0.4 is 5.73 Å². The maximum Gasteiger partial charge on any atom is 0.0541 e. The fraction of sp³-hybridized carbons (Fsp3) is 0.727. The van der Waals surface area contributed by atoms with Crippen LogP contribution in [0.1, 0.15) is 30.1 Å². The number of aromatic nitrogens is 2. The van der Waals surface area contributed by atoms with Gasteiger partial charge in [0.2, 0.25) is 0 Å². The maximum atomic E-state index is 6.20. The first-order valence-corrected chi connectivity index (χ1v) is 5.55. The zero-order valence-corrected chi connectivity index (χ0v) is 9.77. The molecule has 1 aromatic rings. The minimum Gasteiger partial charge on any atom is -0.326 e. The lowest BCUT2D eigenvalue weighted by molar-refractivity contribution is 0.162. The van der Waals surface area contributed by atoms with Gasteiger partial charge in [-0.15, -0.1) is 0 Å². The zero-order valence-electron chi connectivity index (χ0n) is 9.77. The normalized spacial score (nSPS) is 28.3. The Hall–Kier alpha value is -0.870. The Morgan fingerprint density at radius 3 is 2.73 bits per heavy atom. The summed E-state index contributed by atoms with van der Waals surface area (Å²) in [6.07, 6.45) is 4.28. The zero-order chi connectivity index (χ0) is 11.0. The van der Waals surface area contributed by atoms with Crippen molar-refractivity contribution in [2.24, 2.45) is 12.8 Å². The van der Waals surface area contributed by atoms with Crippen molar-refractivity contribution >= 4 is 0 Å². The molecule has 1 aromatic heterocycles. The van der Waals surface area contributed by atoms with Gasteiger partial charge in [0.05, 0.1) is 12.2 Å². The highest BCUT2D eigenvalue weighted by molar-refractivity contribution is 5.23. The van der Waals surface area contributed by atoms with Gasteiger partial charge in [-0.25, -0.2) is 0 Å². The first-order chi connectivity index (χ1) is 7.11. The minimum absolute atomic E-state index is 0.242. The molecule has 0 saturated carbocycles. The quantitative estimate of drug-likeness (QED) is 0.743. The van der Waals surface area contributed by atoms with Crippen molar-refractivity contribution in [3.8, 4) is 0 Å². The molecule has 4 heteroatoms. The Labute approximate surface area is 91.1 Å². The number of hydrogen-bond acceptors (Lipinski definition) is 3. The molecule has 4 nitrogen and oxygen atoms in total. The first kappa shape index (κ1) is 10.6. The molecule has 84 valence electrons. The van der Waals surface area contributed by atoms with E-state index in [1.54, 1.807) is 0 Å². The Bertz CT molecular complexity index is 334. The van der Waals surface area contributed by atoms with Crippen LogP contribution in [0, 0.1) is 6.92 Å². The fourth-order valence-electron chi connectivity index (χ4n) is 2.47. The van der Waals surface area contributed by atoms with Gasteiger partial charge in [0, 0.05) is 24.3 Å². The van der Waals surface area contributed by atoms with Gasteiger partial charge in [-0.3, -0.25) is 9.58 Å². The second-order valence-electron chi connectivity index (χ2n) is 4.54. The highest BCUT2D eigenvalue weighted by atomic mass is 15.3. The van der Waals surface area contributed by atoms with Crippen molar-refractivity contribution in [3.05, 3.63) is 17.5 Å². The van der Waals surface area contributed by atoms with E-state index in [2.05, 4.69) is 24.0 Å². The van der Waals surface area contributed by atoms with Gasteiger partial charge in [0.15, 0.2) is 0 Å². The summed E-state index contributed by atoms with van der Waals surface area (Å²) in [5.41, 5.74) is 8.71. The number of aryl methyl sites for hydroxylation is 1. The number of hydrogen-bond donors (Lipinski definition) is 1. The Balaban J connectivity index is 2.31. The van der Waals surface area contributed by atoms with Crippen molar-refractivity contribution in [3.63, 3.8) is 0 Å². The van der Waals surface area contributed by atoms with E-state index >= 15 is 0 Å². The van der Waals surface area contributed by atoms with Crippen LogP contribution in [0.15, 0.2) is 6.20 Å². The van der Waals surface area contributed by atoms with E-state index in [4.69, 9.17) is 5.73 Å². The van der Waals surface area contributed by atoms with Crippen LogP contribution in [0.5, 0.6) is 0 Å². The van der Waals surface area contributed by atoms with Gasteiger partial charge in [0.1, 0.15) is 0 Å². The Kier molecular flexibility index (Phi) is 2.80. The molecule has 15 heavy (non-hydrogen) atoms. The molecule has 2 atom stereocenters. The lowest BCUT2D eigenvalue weighted by Gasteiger charge is -2.37. The molecule has 1 saturated heterocycles. The van der Waals surface area contributed by atoms with E-state index in [1.807, 2.05) is 17.9 Å². The molecule has 1 aliphatic rings. The average Bonchev–Trinajstić information content (AvgIpc) is 2.49. The van der Waals surface area contributed by atoms with Crippen LogP contribution >= 0.6 is 0 Å². The molecule has 2 N–H and O–H groups in total.